The Kier molecular flexibility index (Phi) is 1.39. The van der Waals surface area contributed by atoms with Gasteiger partial charge in [0, 0.05) is 0 Å². The van der Waals surface area contributed by atoms with E-state index in [9.17, 15) is 0 Å². The lowest BCUT2D eigenvalue weighted by Crippen LogP contribution is -2.61. The van der Waals surface area contributed by atoms with E-state index in [0.717, 1.165) is 33.3 Å². The van der Waals surface area contributed by atoms with Gasteiger partial charge in [-0.25, -0.2) is 0 Å². The van der Waals surface area contributed by atoms with Gasteiger partial charge in [-0.05, 0) is 0 Å². The molecule has 0 atom stereocenters. The number of hydrogen-bond donors (Lipinski definition) is 2. The normalized spacial score (nSPS) is 42.7. The highest BCUT2D eigenvalue weighted by atomic mass is 15.5. The lowest BCUT2D eigenvalue weighted by molar-refractivity contribution is 0.0112. The molecule has 0 saturated carbocycles. The summed E-state index contributed by atoms with van der Waals surface area (Å²) in [7, 11) is 0. The van der Waals surface area contributed by atoms with Gasteiger partial charge in [0.15, 0.2) is 0 Å². The van der Waals surface area contributed by atoms with Crippen LogP contribution in [-0.4, -0.2) is 43.1 Å². The fraction of sp³-hybridized carbons (Fsp3) is 1.00. The maximum absolute atomic E-state index is 3.30. The van der Waals surface area contributed by atoms with Crippen LogP contribution in [0.2, 0.25) is 0 Å². The Hall–Kier alpha value is -0.160. The molecular formula is C5H12N4. The van der Waals surface area contributed by atoms with E-state index in [0.29, 0.717) is 0 Å². The van der Waals surface area contributed by atoms with E-state index < -0.39 is 0 Å². The third kappa shape index (κ3) is 1.07. The molecule has 0 aliphatic carbocycles. The molecule has 0 amide bonds. The fourth-order valence-corrected chi connectivity index (χ4v) is 1.33. The van der Waals surface area contributed by atoms with Crippen molar-refractivity contribution in [2.75, 3.05) is 33.3 Å². The first-order valence-corrected chi connectivity index (χ1v) is 3.31. The first-order valence-electron chi connectivity index (χ1n) is 3.31. The molecule has 2 rings (SSSR count). The summed E-state index contributed by atoms with van der Waals surface area (Å²) < 4.78 is 0. The van der Waals surface area contributed by atoms with Gasteiger partial charge in [0.2, 0.25) is 0 Å². The van der Waals surface area contributed by atoms with Gasteiger partial charge >= 0.3 is 0 Å². The van der Waals surface area contributed by atoms with Crippen LogP contribution in [-0.2, 0) is 0 Å². The van der Waals surface area contributed by atoms with Crippen LogP contribution < -0.4 is 10.6 Å². The van der Waals surface area contributed by atoms with Gasteiger partial charge in [-0.2, -0.15) is 0 Å². The van der Waals surface area contributed by atoms with Crippen molar-refractivity contribution in [1.82, 2.24) is 20.4 Å². The first-order chi connectivity index (χ1) is 4.45. The molecule has 2 aliphatic rings. The van der Waals surface area contributed by atoms with Crippen LogP contribution in [0.25, 0.3) is 0 Å². The molecule has 0 unspecified atom stereocenters. The molecule has 9 heavy (non-hydrogen) atoms. The molecule has 2 fully saturated rings. The van der Waals surface area contributed by atoms with Gasteiger partial charge < -0.3 is 0 Å². The minimum Gasteiger partial charge on any atom is -0.291 e. The van der Waals surface area contributed by atoms with Crippen molar-refractivity contribution in [3.8, 4) is 0 Å². The second kappa shape index (κ2) is 2.22. The molecule has 4 heteroatoms. The van der Waals surface area contributed by atoms with Crippen LogP contribution in [0.5, 0.6) is 0 Å². The number of rotatable bonds is 0. The predicted molar refractivity (Wildman–Crippen MR) is 34.3 cm³/mol. The molecule has 0 spiro atoms. The van der Waals surface area contributed by atoms with E-state index in [1.807, 2.05) is 0 Å². The highest BCUT2D eigenvalue weighted by Gasteiger charge is 2.19. The average Bonchev–Trinajstić information content (AvgIpc) is 1.88. The first kappa shape index (κ1) is 5.61. The largest absolute Gasteiger partial charge is 0.291 e. The maximum Gasteiger partial charge on any atom is 0.0554 e. The van der Waals surface area contributed by atoms with Crippen LogP contribution >= 0.6 is 0 Å². The molecule has 2 saturated heterocycles. The van der Waals surface area contributed by atoms with Crippen LogP contribution in [0.4, 0.5) is 0 Å². The van der Waals surface area contributed by atoms with Crippen molar-refractivity contribution < 1.29 is 0 Å². The molecular weight excluding hydrogens is 116 g/mol. The highest BCUT2D eigenvalue weighted by Crippen LogP contribution is 1.99. The van der Waals surface area contributed by atoms with Crippen molar-refractivity contribution in [3.05, 3.63) is 0 Å². The van der Waals surface area contributed by atoms with Crippen LogP contribution in [0.15, 0.2) is 0 Å². The van der Waals surface area contributed by atoms with E-state index in [1.54, 1.807) is 0 Å². The summed E-state index contributed by atoms with van der Waals surface area (Å²) in [5.74, 6) is 0. The third-order valence-electron chi connectivity index (χ3n) is 1.74. The molecule has 0 aromatic rings. The molecule has 2 heterocycles. The summed E-state index contributed by atoms with van der Waals surface area (Å²) >= 11 is 0. The summed E-state index contributed by atoms with van der Waals surface area (Å²) in [5.41, 5.74) is 0. The Morgan fingerprint density at radius 1 is 0.778 bits per heavy atom. The molecule has 0 aromatic heterocycles. The summed E-state index contributed by atoms with van der Waals surface area (Å²) in [6.07, 6.45) is 0. The smallest absolute Gasteiger partial charge is 0.0554 e. The standard InChI is InChI=1S/C5H12N4/c1-6-2-9-4-7-3-8(1)5-9/h6-7H,1-5H2. The second-order valence-corrected chi connectivity index (χ2v) is 2.62. The van der Waals surface area contributed by atoms with E-state index in [1.165, 1.54) is 0 Å². The molecule has 0 radical (unpaired) electrons. The summed E-state index contributed by atoms with van der Waals surface area (Å²) in [4.78, 5) is 4.65. The Balaban J connectivity index is 1.96. The van der Waals surface area contributed by atoms with Crippen LogP contribution in [0, 0.1) is 0 Å². The zero-order valence-corrected chi connectivity index (χ0v) is 5.43. The number of hydrogen-bond acceptors (Lipinski definition) is 4. The van der Waals surface area contributed by atoms with E-state index in [2.05, 4.69) is 20.4 Å². The Labute approximate surface area is 54.8 Å². The van der Waals surface area contributed by atoms with Gasteiger partial charge in [-0.3, -0.25) is 20.4 Å². The van der Waals surface area contributed by atoms with Gasteiger partial charge in [0.1, 0.15) is 0 Å². The lowest BCUT2D eigenvalue weighted by Gasteiger charge is -2.40. The van der Waals surface area contributed by atoms with Gasteiger partial charge in [0.05, 0.1) is 33.3 Å². The average molecular weight is 128 g/mol. The van der Waals surface area contributed by atoms with Crippen molar-refractivity contribution in [1.29, 1.82) is 0 Å². The topological polar surface area (TPSA) is 30.5 Å². The molecule has 2 aliphatic heterocycles. The van der Waals surface area contributed by atoms with E-state index in [-0.39, 0.29) is 0 Å². The highest BCUT2D eigenvalue weighted by molar-refractivity contribution is 4.68. The SMILES string of the molecule is C1NCN2CNCN1C2. The Morgan fingerprint density at radius 2 is 1.22 bits per heavy atom. The zero-order valence-electron chi connectivity index (χ0n) is 5.43. The van der Waals surface area contributed by atoms with Crippen LogP contribution in [0.3, 0.4) is 0 Å². The molecule has 2 bridgehead atoms. The number of nitrogens with zero attached hydrogens (tertiary/aromatic N) is 2. The fourth-order valence-electron chi connectivity index (χ4n) is 1.33. The third-order valence-corrected chi connectivity index (χ3v) is 1.74. The molecule has 2 N–H and O–H groups in total. The summed E-state index contributed by atoms with van der Waals surface area (Å²) in [6.45, 7) is 5.25. The number of nitrogens with one attached hydrogen (secondary N) is 2. The minimum absolute atomic E-state index is 1.03. The van der Waals surface area contributed by atoms with Gasteiger partial charge in [0.25, 0.3) is 0 Å². The zero-order chi connectivity index (χ0) is 6.10. The summed E-state index contributed by atoms with van der Waals surface area (Å²) in [6, 6.07) is 0. The van der Waals surface area contributed by atoms with E-state index in [4.69, 9.17) is 0 Å². The second-order valence-electron chi connectivity index (χ2n) is 2.62. The van der Waals surface area contributed by atoms with Crippen molar-refractivity contribution in [2.45, 2.75) is 0 Å². The van der Waals surface area contributed by atoms with Gasteiger partial charge in [-0.15, -0.1) is 0 Å². The quantitative estimate of drug-likeness (QED) is 0.419. The predicted octanol–water partition coefficient (Wildman–Crippen LogP) is -1.42. The molecule has 4 nitrogen and oxygen atoms in total. The lowest BCUT2D eigenvalue weighted by atomic mass is 10.5. The Bertz CT molecular complexity index is 85.1. The minimum atomic E-state index is 1.03. The van der Waals surface area contributed by atoms with Crippen LogP contribution in [0.1, 0.15) is 0 Å². The van der Waals surface area contributed by atoms with E-state index >= 15 is 0 Å². The van der Waals surface area contributed by atoms with Crippen molar-refractivity contribution in [2.24, 2.45) is 0 Å². The summed E-state index contributed by atoms with van der Waals surface area (Å²) in [5, 5.41) is 6.60. The monoisotopic (exact) mass is 128 g/mol. The maximum atomic E-state index is 3.30. The van der Waals surface area contributed by atoms with Gasteiger partial charge in [-0.1, -0.05) is 0 Å². The number of fused-ring (bicyclic) bond motifs is 2. The van der Waals surface area contributed by atoms with Crippen molar-refractivity contribution in [3.63, 3.8) is 0 Å². The van der Waals surface area contributed by atoms with Crippen molar-refractivity contribution >= 4 is 0 Å². The Morgan fingerprint density at radius 3 is 1.56 bits per heavy atom. The molecule has 52 valence electrons. The molecule has 0 aromatic carbocycles.